The van der Waals surface area contributed by atoms with Crippen LogP contribution in [0.15, 0.2) is 47.4 Å². The monoisotopic (exact) mass is 516 g/mol. The number of hydrogen-bond acceptors (Lipinski definition) is 7. The first-order valence-corrected chi connectivity index (χ1v) is 13.5. The highest BCUT2D eigenvalue weighted by atomic mass is 32.2. The molecular formula is C25H32N4O6S. The lowest BCUT2D eigenvalue weighted by molar-refractivity contribution is 0.0199. The minimum absolute atomic E-state index is 0.0927. The molecule has 1 aliphatic heterocycles. The molecule has 36 heavy (non-hydrogen) atoms. The van der Waals surface area contributed by atoms with Crippen molar-refractivity contribution < 1.29 is 27.5 Å². The Labute approximate surface area is 211 Å². The molecule has 0 saturated carbocycles. The molecule has 2 aromatic rings. The van der Waals surface area contributed by atoms with Crippen LogP contribution in [0.3, 0.4) is 0 Å². The Hall–Kier alpha value is -3.47. The lowest BCUT2D eigenvalue weighted by Crippen LogP contribution is -2.48. The van der Waals surface area contributed by atoms with Gasteiger partial charge in [0, 0.05) is 31.9 Å². The summed E-state index contributed by atoms with van der Waals surface area (Å²) in [6, 6.07) is 10.7. The molecule has 10 nitrogen and oxygen atoms in total. The number of hydrogen-bond donors (Lipinski definition) is 2. The third-order valence-corrected chi connectivity index (χ3v) is 6.63. The normalized spacial score (nSPS) is 14.7. The number of benzene rings is 1. The summed E-state index contributed by atoms with van der Waals surface area (Å²) in [5, 5.41) is 5.64. The fourth-order valence-electron chi connectivity index (χ4n) is 3.61. The van der Waals surface area contributed by atoms with Gasteiger partial charge < -0.3 is 20.3 Å². The van der Waals surface area contributed by atoms with E-state index in [4.69, 9.17) is 4.74 Å². The zero-order valence-electron chi connectivity index (χ0n) is 20.9. The van der Waals surface area contributed by atoms with Crippen LogP contribution in [0.25, 0.3) is 0 Å². The summed E-state index contributed by atoms with van der Waals surface area (Å²) in [5.74, 6) is -0.848. The molecule has 2 N–H and O–H groups in total. The summed E-state index contributed by atoms with van der Waals surface area (Å²) >= 11 is 0. The number of nitrogens with zero attached hydrogens (tertiary/aromatic N) is 2. The van der Waals surface area contributed by atoms with E-state index in [9.17, 15) is 22.8 Å². The molecule has 11 heteroatoms. The molecule has 1 fully saturated rings. The number of ether oxygens (including phenoxy) is 1. The van der Waals surface area contributed by atoms with Gasteiger partial charge >= 0.3 is 6.09 Å². The van der Waals surface area contributed by atoms with Crippen molar-refractivity contribution in [2.45, 2.75) is 56.7 Å². The van der Waals surface area contributed by atoms with Gasteiger partial charge in [-0.15, -0.1) is 0 Å². The fourth-order valence-corrected chi connectivity index (χ4v) is 4.24. The minimum Gasteiger partial charge on any atom is -0.444 e. The van der Waals surface area contributed by atoms with Crippen LogP contribution in [0.4, 0.5) is 4.79 Å². The zero-order chi connectivity index (χ0) is 26.5. The molecule has 2 heterocycles. The summed E-state index contributed by atoms with van der Waals surface area (Å²) < 4.78 is 28.5. The highest BCUT2D eigenvalue weighted by molar-refractivity contribution is 7.90. The van der Waals surface area contributed by atoms with Crippen LogP contribution >= 0.6 is 0 Å². The number of nitrogens with one attached hydrogen (secondary N) is 2. The molecule has 1 saturated heterocycles. The molecule has 194 valence electrons. The van der Waals surface area contributed by atoms with Crippen molar-refractivity contribution in [2.24, 2.45) is 0 Å². The Bertz CT molecular complexity index is 1210. The van der Waals surface area contributed by atoms with E-state index < -0.39 is 27.3 Å². The standard InChI is InChI=1S/C25H32N4O6S/c1-25(2,3)35-24(32)29-14-12-18(13-15-29)27-23(31)21-7-5-6-20(28-21)22(30)26-16-17-8-10-19(11-9-17)36(4,33)34/h5-11,18H,12-16H2,1-4H3,(H,26,30)(H,27,31). The van der Waals surface area contributed by atoms with Crippen LogP contribution in [0.1, 0.15) is 60.2 Å². The van der Waals surface area contributed by atoms with Crippen molar-refractivity contribution in [1.82, 2.24) is 20.5 Å². The molecule has 1 aliphatic rings. The molecule has 0 atom stereocenters. The van der Waals surface area contributed by atoms with Gasteiger partial charge in [0.1, 0.15) is 17.0 Å². The average molecular weight is 517 g/mol. The Kier molecular flexibility index (Phi) is 8.34. The molecule has 3 rings (SSSR count). The average Bonchev–Trinajstić information content (AvgIpc) is 2.81. The number of sulfone groups is 1. The molecule has 0 aliphatic carbocycles. The van der Waals surface area contributed by atoms with Crippen LogP contribution in [0.2, 0.25) is 0 Å². The third kappa shape index (κ3) is 7.77. The van der Waals surface area contributed by atoms with Crippen molar-refractivity contribution in [1.29, 1.82) is 0 Å². The van der Waals surface area contributed by atoms with Gasteiger partial charge in [0.05, 0.1) is 4.90 Å². The molecule has 1 aromatic carbocycles. The summed E-state index contributed by atoms with van der Waals surface area (Å²) in [5.41, 5.74) is 0.376. The quantitative estimate of drug-likeness (QED) is 0.602. The van der Waals surface area contributed by atoms with Crippen LogP contribution in [0.5, 0.6) is 0 Å². The molecule has 0 radical (unpaired) electrons. The van der Waals surface area contributed by atoms with Crippen molar-refractivity contribution in [2.75, 3.05) is 19.3 Å². The summed E-state index contributed by atoms with van der Waals surface area (Å²) in [4.78, 5) is 43.5. The van der Waals surface area contributed by atoms with Crippen LogP contribution < -0.4 is 10.6 Å². The summed E-state index contributed by atoms with van der Waals surface area (Å²) in [6.07, 6.45) is 1.94. The van der Waals surface area contributed by atoms with E-state index in [0.717, 1.165) is 11.8 Å². The first kappa shape index (κ1) is 27.1. The lowest BCUT2D eigenvalue weighted by atomic mass is 10.1. The highest BCUT2D eigenvalue weighted by Crippen LogP contribution is 2.16. The number of carbonyl (C=O) groups is 3. The van der Waals surface area contributed by atoms with E-state index in [1.165, 1.54) is 24.3 Å². The molecule has 1 aromatic heterocycles. The van der Waals surface area contributed by atoms with Crippen molar-refractivity contribution >= 4 is 27.7 Å². The first-order chi connectivity index (χ1) is 16.8. The van der Waals surface area contributed by atoms with Gasteiger partial charge in [0.25, 0.3) is 11.8 Å². The molecule has 0 unspecified atom stereocenters. The molecule has 0 spiro atoms. The van der Waals surface area contributed by atoms with Gasteiger partial charge in [-0.2, -0.15) is 0 Å². The number of rotatable bonds is 6. The minimum atomic E-state index is -3.29. The van der Waals surface area contributed by atoms with Crippen LogP contribution in [0, 0.1) is 0 Å². The maximum atomic E-state index is 12.7. The smallest absolute Gasteiger partial charge is 0.410 e. The number of pyridine rings is 1. The van der Waals surface area contributed by atoms with Crippen molar-refractivity contribution in [3.8, 4) is 0 Å². The molecular weight excluding hydrogens is 484 g/mol. The van der Waals surface area contributed by atoms with E-state index in [1.54, 1.807) is 23.1 Å². The maximum Gasteiger partial charge on any atom is 0.410 e. The zero-order valence-corrected chi connectivity index (χ0v) is 21.7. The maximum absolute atomic E-state index is 12.7. The van der Waals surface area contributed by atoms with Gasteiger partial charge in [0.2, 0.25) is 0 Å². The van der Waals surface area contributed by atoms with Crippen LogP contribution in [-0.2, 0) is 21.1 Å². The van der Waals surface area contributed by atoms with E-state index in [1.807, 2.05) is 20.8 Å². The number of piperidine rings is 1. The van der Waals surface area contributed by atoms with E-state index in [0.29, 0.717) is 25.9 Å². The number of carbonyl (C=O) groups excluding carboxylic acids is 3. The van der Waals surface area contributed by atoms with Gasteiger partial charge in [-0.3, -0.25) is 9.59 Å². The van der Waals surface area contributed by atoms with Gasteiger partial charge in [0.15, 0.2) is 9.84 Å². The number of aromatic nitrogens is 1. The topological polar surface area (TPSA) is 135 Å². The van der Waals surface area contributed by atoms with Gasteiger partial charge in [-0.1, -0.05) is 18.2 Å². The Morgan fingerprint density at radius 3 is 2.14 bits per heavy atom. The number of likely N-dealkylation sites (tertiary alicyclic amines) is 1. The summed E-state index contributed by atoms with van der Waals surface area (Å²) in [7, 11) is -3.29. The highest BCUT2D eigenvalue weighted by Gasteiger charge is 2.28. The van der Waals surface area contributed by atoms with Crippen molar-refractivity contribution in [3.63, 3.8) is 0 Å². The molecule has 0 bridgehead atoms. The van der Waals surface area contributed by atoms with Crippen molar-refractivity contribution in [3.05, 3.63) is 59.4 Å². The lowest BCUT2D eigenvalue weighted by Gasteiger charge is -2.33. The third-order valence-electron chi connectivity index (χ3n) is 5.50. The largest absolute Gasteiger partial charge is 0.444 e. The van der Waals surface area contributed by atoms with Gasteiger partial charge in [-0.05, 0) is 63.4 Å². The summed E-state index contributed by atoms with van der Waals surface area (Å²) in [6.45, 7) is 6.57. The SMILES string of the molecule is CC(C)(C)OC(=O)N1CCC(NC(=O)c2cccc(C(=O)NCc3ccc(S(C)(=O)=O)cc3)n2)CC1. The van der Waals surface area contributed by atoms with Crippen LogP contribution in [-0.4, -0.2) is 67.2 Å². The second-order valence-electron chi connectivity index (χ2n) is 9.72. The van der Waals surface area contributed by atoms with Gasteiger partial charge in [-0.25, -0.2) is 18.2 Å². The number of amides is 3. The first-order valence-electron chi connectivity index (χ1n) is 11.6. The Morgan fingerprint density at radius 1 is 1.00 bits per heavy atom. The second-order valence-corrected chi connectivity index (χ2v) is 11.7. The molecule has 3 amide bonds. The fraction of sp³-hybridized carbons (Fsp3) is 0.440. The van der Waals surface area contributed by atoms with E-state index in [-0.39, 0.29) is 35.0 Å². The Morgan fingerprint density at radius 2 is 1.58 bits per heavy atom. The predicted octanol–water partition coefficient (Wildman–Crippen LogP) is 2.54. The second kappa shape index (κ2) is 11.1. The Balaban J connectivity index is 1.52. The van der Waals surface area contributed by atoms with E-state index in [2.05, 4.69) is 15.6 Å². The predicted molar refractivity (Wildman–Crippen MR) is 133 cm³/mol. The van der Waals surface area contributed by atoms with E-state index >= 15 is 0 Å².